The third-order valence-electron chi connectivity index (χ3n) is 4.64. The summed E-state index contributed by atoms with van der Waals surface area (Å²) in [5.74, 6) is 0.804. The summed E-state index contributed by atoms with van der Waals surface area (Å²) in [6.07, 6.45) is 0.733. The quantitative estimate of drug-likeness (QED) is 0.916. The van der Waals surface area contributed by atoms with Gasteiger partial charge in [0.25, 0.3) is 0 Å². The zero-order valence-corrected chi connectivity index (χ0v) is 13.0. The van der Waals surface area contributed by atoms with E-state index in [4.69, 9.17) is 4.74 Å². The van der Waals surface area contributed by atoms with Gasteiger partial charge in [0, 0.05) is 25.2 Å². The van der Waals surface area contributed by atoms with Gasteiger partial charge >= 0.3 is 0 Å². The van der Waals surface area contributed by atoms with Crippen molar-refractivity contribution in [2.75, 3.05) is 6.61 Å². The average Bonchev–Trinajstić information content (AvgIpc) is 3.07. The number of carbonyl (C=O) groups excluding carboxylic acids is 1. The second-order valence-electron chi connectivity index (χ2n) is 6.15. The van der Waals surface area contributed by atoms with Crippen LogP contribution in [-0.2, 0) is 24.4 Å². The van der Waals surface area contributed by atoms with Crippen molar-refractivity contribution in [3.63, 3.8) is 0 Å². The Morgan fingerprint density at radius 1 is 1.17 bits per heavy atom. The van der Waals surface area contributed by atoms with Gasteiger partial charge in [-0.3, -0.25) is 4.79 Å². The molecular formula is C19H20N2O2. The largest absolute Gasteiger partial charge is 0.493 e. The number of benzene rings is 2. The molecule has 4 nitrogen and oxygen atoms in total. The van der Waals surface area contributed by atoms with E-state index in [1.54, 1.807) is 0 Å². The van der Waals surface area contributed by atoms with Crippen molar-refractivity contribution in [3.05, 3.63) is 64.7 Å². The number of nitrogens with one attached hydrogen (secondary N) is 2. The van der Waals surface area contributed by atoms with E-state index in [1.165, 1.54) is 11.1 Å². The lowest BCUT2D eigenvalue weighted by atomic mass is 9.92. The van der Waals surface area contributed by atoms with Crippen LogP contribution in [0.4, 0.5) is 0 Å². The summed E-state index contributed by atoms with van der Waals surface area (Å²) in [6, 6.07) is 14.3. The highest BCUT2D eigenvalue weighted by atomic mass is 16.5. The van der Waals surface area contributed by atoms with Crippen molar-refractivity contribution in [3.8, 4) is 5.75 Å². The second kappa shape index (κ2) is 6.05. The molecule has 0 radical (unpaired) electrons. The molecule has 0 bridgehead atoms. The maximum atomic E-state index is 12.6. The molecule has 1 unspecified atom stereocenters. The predicted molar refractivity (Wildman–Crippen MR) is 88.1 cm³/mol. The molecule has 2 aliphatic rings. The van der Waals surface area contributed by atoms with E-state index in [-0.39, 0.29) is 11.8 Å². The zero-order chi connectivity index (χ0) is 15.6. The highest BCUT2D eigenvalue weighted by molar-refractivity contribution is 5.84. The van der Waals surface area contributed by atoms with E-state index in [0.717, 1.165) is 36.4 Å². The van der Waals surface area contributed by atoms with Gasteiger partial charge in [0.2, 0.25) is 5.91 Å². The van der Waals surface area contributed by atoms with Crippen LogP contribution in [0.25, 0.3) is 0 Å². The maximum absolute atomic E-state index is 12.6. The van der Waals surface area contributed by atoms with Crippen LogP contribution >= 0.6 is 0 Å². The fourth-order valence-electron chi connectivity index (χ4n) is 3.38. The minimum absolute atomic E-state index is 0.0828. The van der Waals surface area contributed by atoms with E-state index in [1.807, 2.05) is 24.3 Å². The SMILES string of the molecule is O=C(NCc1ccc2c(c1)CNC2)C1CCOc2ccccc21. The van der Waals surface area contributed by atoms with Gasteiger partial charge in [-0.05, 0) is 29.2 Å². The van der Waals surface area contributed by atoms with E-state index in [2.05, 4.69) is 28.8 Å². The van der Waals surface area contributed by atoms with E-state index < -0.39 is 0 Å². The lowest BCUT2D eigenvalue weighted by molar-refractivity contribution is -0.123. The minimum atomic E-state index is -0.115. The summed E-state index contributed by atoms with van der Waals surface area (Å²) >= 11 is 0. The molecule has 2 aromatic rings. The Morgan fingerprint density at radius 3 is 3.00 bits per heavy atom. The van der Waals surface area contributed by atoms with Gasteiger partial charge in [0.1, 0.15) is 5.75 Å². The Hall–Kier alpha value is -2.33. The molecule has 2 aromatic carbocycles. The Bertz CT molecular complexity index is 742. The molecule has 2 aliphatic heterocycles. The smallest absolute Gasteiger partial charge is 0.228 e. The van der Waals surface area contributed by atoms with E-state index in [9.17, 15) is 4.79 Å². The van der Waals surface area contributed by atoms with E-state index in [0.29, 0.717) is 13.2 Å². The molecule has 2 heterocycles. The monoisotopic (exact) mass is 308 g/mol. The minimum Gasteiger partial charge on any atom is -0.493 e. The van der Waals surface area contributed by atoms with Crippen molar-refractivity contribution >= 4 is 5.91 Å². The maximum Gasteiger partial charge on any atom is 0.228 e. The number of fused-ring (bicyclic) bond motifs is 2. The zero-order valence-electron chi connectivity index (χ0n) is 13.0. The summed E-state index contributed by atoms with van der Waals surface area (Å²) < 4.78 is 5.63. The molecule has 0 saturated heterocycles. The molecule has 0 aliphatic carbocycles. The molecule has 4 rings (SSSR count). The number of hydrogen-bond donors (Lipinski definition) is 2. The van der Waals surface area contributed by atoms with Gasteiger partial charge in [-0.25, -0.2) is 0 Å². The topological polar surface area (TPSA) is 50.4 Å². The fraction of sp³-hybridized carbons (Fsp3) is 0.316. The van der Waals surface area contributed by atoms with Gasteiger partial charge in [-0.2, -0.15) is 0 Å². The van der Waals surface area contributed by atoms with Gasteiger partial charge in [-0.15, -0.1) is 0 Å². The summed E-state index contributed by atoms with van der Waals surface area (Å²) in [5.41, 5.74) is 4.85. The van der Waals surface area contributed by atoms with Crippen LogP contribution in [0.5, 0.6) is 5.75 Å². The van der Waals surface area contributed by atoms with Gasteiger partial charge in [0.15, 0.2) is 0 Å². The highest BCUT2D eigenvalue weighted by Gasteiger charge is 2.27. The van der Waals surface area contributed by atoms with Crippen molar-refractivity contribution in [1.29, 1.82) is 0 Å². The Kier molecular flexibility index (Phi) is 3.75. The van der Waals surface area contributed by atoms with Crippen molar-refractivity contribution in [1.82, 2.24) is 10.6 Å². The molecule has 23 heavy (non-hydrogen) atoms. The Morgan fingerprint density at radius 2 is 2.04 bits per heavy atom. The first-order chi connectivity index (χ1) is 11.3. The van der Waals surface area contributed by atoms with Crippen LogP contribution in [0.3, 0.4) is 0 Å². The van der Waals surface area contributed by atoms with Crippen molar-refractivity contribution in [2.45, 2.75) is 32.0 Å². The van der Waals surface area contributed by atoms with Crippen LogP contribution in [0.2, 0.25) is 0 Å². The standard InChI is InChI=1S/C19H20N2O2/c22-19(17-7-8-23-18-4-2-1-3-16(17)18)21-10-13-5-6-14-11-20-12-15(14)9-13/h1-6,9,17,20H,7-8,10-12H2,(H,21,22). The molecular weight excluding hydrogens is 288 g/mol. The number of ether oxygens (including phenoxy) is 1. The molecule has 0 spiro atoms. The first-order valence-corrected chi connectivity index (χ1v) is 8.12. The normalized spacial score (nSPS) is 18.7. The average molecular weight is 308 g/mol. The number of para-hydroxylation sites is 1. The molecule has 2 N–H and O–H groups in total. The third kappa shape index (κ3) is 2.82. The van der Waals surface area contributed by atoms with Crippen molar-refractivity contribution < 1.29 is 9.53 Å². The van der Waals surface area contributed by atoms with Crippen LogP contribution in [0.1, 0.15) is 34.6 Å². The fourth-order valence-corrected chi connectivity index (χ4v) is 3.38. The first-order valence-electron chi connectivity index (χ1n) is 8.12. The Labute approximate surface area is 135 Å². The van der Waals surface area contributed by atoms with Crippen LogP contribution < -0.4 is 15.4 Å². The second-order valence-corrected chi connectivity index (χ2v) is 6.15. The lowest BCUT2D eigenvalue weighted by Crippen LogP contribution is -2.32. The van der Waals surface area contributed by atoms with Crippen LogP contribution in [0.15, 0.2) is 42.5 Å². The predicted octanol–water partition coefficient (Wildman–Crippen LogP) is 2.47. The van der Waals surface area contributed by atoms with Crippen LogP contribution in [-0.4, -0.2) is 12.5 Å². The number of hydrogen-bond acceptors (Lipinski definition) is 3. The third-order valence-corrected chi connectivity index (χ3v) is 4.64. The molecule has 1 atom stereocenters. The van der Waals surface area contributed by atoms with Gasteiger partial charge in [-0.1, -0.05) is 36.4 Å². The summed E-state index contributed by atoms with van der Waals surface area (Å²) in [7, 11) is 0. The van der Waals surface area contributed by atoms with Gasteiger partial charge in [0.05, 0.1) is 12.5 Å². The Balaban J connectivity index is 1.45. The molecule has 0 aromatic heterocycles. The molecule has 0 fully saturated rings. The number of rotatable bonds is 3. The summed E-state index contributed by atoms with van der Waals surface area (Å²) in [6.45, 7) is 3.04. The van der Waals surface area contributed by atoms with Crippen molar-refractivity contribution in [2.24, 2.45) is 0 Å². The van der Waals surface area contributed by atoms with Crippen LogP contribution in [0, 0.1) is 0 Å². The number of carbonyl (C=O) groups is 1. The molecule has 4 heteroatoms. The number of amides is 1. The van der Waals surface area contributed by atoms with Gasteiger partial charge < -0.3 is 15.4 Å². The molecule has 0 saturated carbocycles. The summed E-state index contributed by atoms with van der Waals surface area (Å²) in [4.78, 5) is 12.6. The van der Waals surface area contributed by atoms with E-state index >= 15 is 0 Å². The lowest BCUT2D eigenvalue weighted by Gasteiger charge is -2.25. The highest BCUT2D eigenvalue weighted by Crippen LogP contribution is 2.33. The first kappa shape index (κ1) is 14.3. The molecule has 1 amide bonds. The summed E-state index contributed by atoms with van der Waals surface area (Å²) in [5, 5.41) is 6.43. The molecule has 118 valence electrons.